The van der Waals surface area contributed by atoms with Gasteiger partial charge in [0.2, 0.25) is 0 Å². The summed E-state index contributed by atoms with van der Waals surface area (Å²) in [7, 11) is 2.89. The van der Waals surface area contributed by atoms with Crippen LogP contribution in [-0.2, 0) is 0 Å². The Morgan fingerprint density at radius 3 is 2.00 bits per heavy atom. The van der Waals surface area contributed by atoms with Crippen molar-refractivity contribution in [1.29, 1.82) is 0 Å². The van der Waals surface area contributed by atoms with Gasteiger partial charge in [0.25, 0.3) is 0 Å². The van der Waals surface area contributed by atoms with Crippen LogP contribution in [0.5, 0.6) is 0 Å². The summed E-state index contributed by atoms with van der Waals surface area (Å²) in [5.74, 6) is 0. The van der Waals surface area contributed by atoms with Crippen LogP contribution < -0.4 is 0 Å². The van der Waals surface area contributed by atoms with Crippen molar-refractivity contribution < 1.29 is 4.20 Å². The van der Waals surface area contributed by atoms with Crippen LogP contribution in [-0.4, -0.2) is 13.7 Å². The molecular formula is CH3BFP. The second-order valence-electron chi connectivity index (χ2n) is 0.525. The minimum atomic E-state index is -1.62. The molecule has 0 aromatic carbocycles. The van der Waals surface area contributed by atoms with E-state index in [-0.39, 0.29) is 0 Å². The van der Waals surface area contributed by atoms with E-state index in [9.17, 15) is 4.20 Å². The molecule has 0 bridgehead atoms. The van der Waals surface area contributed by atoms with E-state index < -0.39 is 7.55 Å². The summed E-state index contributed by atoms with van der Waals surface area (Å²) in [6.07, 6.45) is 0. The quantitative estimate of drug-likeness (QED) is 0.299. The van der Waals surface area contributed by atoms with Crippen LogP contribution in [0.15, 0.2) is 0 Å². The van der Waals surface area contributed by atoms with Gasteiger partial charge in [0.15, 0.2) is 0 Å². The second kappa shape index (κ2) is 1.60. The molecule has 22 valence electrons. The second-order valence-corrected chi connectivity index (χ2v) is 1.57. The molecule has 0 saturated heterocycles. The zero-order chi connectivity index (χ0) is 3.58. The van der Waals surface area contributed by atoms with E-state index in [1.54, 1.807) is 0 Å². The summed E-state index contributed by atoms with van der Waals surface area (Å²) in [4.78, 5) is 0. The first-order valence-corrected chi connectivity index (χ1v) is 2.62. The molecule has 4 heavy (non-hydrogen) atoms. The van der Waals surface area contributed by atoms with Crippen molar-refractivity contribution in [3.05, 3.63) is 0 Å². The Kier molecular flexibility index (Phi) is 1.72. The normalized spacial score (nSPS) is 11.5. The Morgan fingerprint density at radius 2 is 2.00 bits per heavy atom. The van der Waals surface area contributed by atoms with Gasteiger partial charge >= 0.3 is 25.4 Å². The standard InChI is InChI=1S/CH3BFP/c1-4(2)3/h1H3. The molecule has 0 fully saturated rings. The minimum absolute atomic E-state index is 1.34. The Bertz CT molecular complexity index is 54.2. The Labute approximate surface area is 26.5 Å². The number of hydrogen-bond acceptors (Lipinski definition) is 0. The van der Waals surface area contributed by atoms with Crippen molar-refractivity contribution in [1.82, 2.24) is 0 Å². The molecule has 1 atom stereocenters. The van der Waals surface area contributed by atoms with E-state index in [0.29, 0.717) is 0 Å². The Morgan fingerprint density at radius 1 is 2.00 bits per heavy atom. The average Bonchev–Trinajstić information content (AvgIpc) is 0.811. The molecule has 0 aliphatic rings. The van der Waals surface area contributed by atoms with Crippen molar-refractivity contribution in [2.75, 3.05) is 6.66 Å². The fraction of sp³-hybridized carbons (Fsp3) is 1.00. The molecule has 0 aromatic heterocycles. The summed E-state index contributed by atoms with van der Waals surface area (Å²) in [5, 5.41) is 0. The van der Waals surface area contributed by atoms with Gasteiger partial charge < -0.3 is 0 Å². The summed E-state index contributed by atoms with van der Waals surface area (Å²) in [6, 6.07) is 0. The van der Waals surface area contributed by atoms with E-state index in [1.807, 2.05) is 0 Å². The predicted molar refractivity (Wildman–Crippen MR) is 19.7 cm³/mol. The van der Waals surface area contributed by atoms with Crippen LogP contribution in [0.25, 0.3) is 0 Å². The molecule has 0 N–H and O–H groups in total. The first-order chi connectivity index (χ1) is 1.73. The van der Waals surface area contributed by atoms with E-state index in [0.717, 1.165) is 0 Å². The van der Waals surface area contributed by atoms with Crippen LogP contribution in [0.3, 0.4) is 0 Å². The van der Waals surface area contributed by atoms with E-state index in [4.69, 9.17) is 0 Å². The first kappa shape index (κ1) is 4.29. The fourth-order valence-electron chi connectivity index (χ4n) is 0. The van der Waals surface area contributed by atoms with E-state index in [1.165, 1.54) is 6.66 Å². The molecule has 0 radical (unpaired) electrons. The molecular weight excluding hydrogens is 72.8 g/mol. The zero-order valence-corrected chi connectivity index (χ0v) is 3.30. The molecule has 0 heterocycles. The molecule has 0 saturated carbocycles. The molecule has 3 heteroatoms. The van der Waals surface area contributed by atoms with E-state index >= 15 is 0 Å². The zero-order valence-electron chi connectivity index (χ0n) is 2.40. The average molecular weight is 75.8 g/mol. The van der Waals surface area contributed by atoms with Crippen LogP contribution in [0.1, 0.15) is 0 Å². The van der Waals surface area contributed by atoms with E-state index in [2.05, 4.69) is 7.01 Å². The molecule has 0 nitrogen and oxygen atoms in total. The predicted octanol–water partition coefficient (Wildman–Crippen LogP) is 1.07. The molecule has 0 spiro atoms. The topological polar surface area (TPSA) is 0 Å². The first-order valence-electron chi connectivity index (χ1n) is 0.874. The maximum atomic E-state index is 10.8. The summed E-state index contributed by atoms with van der Waals surface area (Å²) < 4.78 is 10.8. The van der Waals surface area contributed by atoms with Gasteiger partial charge in [-0.15, -0.1) is 0 Å². The van der Waals surface area contributed by atoms with Gasteiger partial charge in [-0.05, 0) is 0 Å². The molecule has 0 aromatic rings. The van der Waals surface area contributed by atoms with Gasteiger partial charge in [-0.1, -0.05) is 0 Å². The van der Waals surface area contributed by atoms with Crippen LogP contribution in [0.4, 0.5) is 4.20 Å². The maximum absolute atomic E-state index is 10.8. The number of hydrogen-bond donors (Lipinski definition) is 0. The third kappa shape index (κ3) is 44.2. The van der Waals surface area contributed by atoms with Gasteiger partial charge in [-0.3, -0.25) is 0 Å². The van der Waals surface area contributed by atoms with Crippen molar-refractivity contribution in [3.63, 3.8) is 0 Å². The fourth-order valence-corrected chi connectivity index (χ4v) is 0. The monoisotopic (exact) mass is 76.0 g/mol. The molecule has 0 rings (SSSR count). The molecule has 1 unspecified atom stereocenters. The van der Waals surface area contributed by atoms with Crippen LogP contribution >= 0.6 is 7.55 Å². The van der Waals surface area contributed by atoms with Gasteiger partial charge in [-0.25, -0.2) is 0 Å². The number of halogens is 1. The molecule has 0 amide bonds. The van der Waals surface area contributed by atoms with Crippen molar-refractivity contribution in [2.24, 2.45) is 0 Å². The number of rotatable bonds is 0. The Balaban J connectivity index is 3.02. The molecule has 0 aliphatic heterocycles. The van der Waals surface area contributed by atoms with Crippen molar-refractivity contribution in [3.8, 4) is 0 Å². The Hall–Kier alpha value is 0.295. The molecule has 0 aliphatic carbocycles. The third-order valence-corrected chi connectivity index (χ3v) is 0. The van der Waals surface area contributed by atoms with Crippen LogP contribution in [0, 0.1) is 0 Å². The summed E-state index contributed by atoms with van der Waals surface area (Å²) in [5.41, 5.74) is 0. The summed E-state index contributed by atoms with van der Waals surface area (Å²) in [6.45, 7) is 1.34. The SMILES string of the molecule is B#P(C)F. The van der Waals surface area contributed by atoms with Crippen molar-refractivity contribution in [2.45, 2.75) is 0 Å². The van der Waals surface area contributed by atoms with Gasteiger partial charge in [0.05, 0.1) is 0 Å². The van der Waals surface area contributed by atoms with Crippen molar-refractivity contribution >= 4 is 14.6 Å². The van der Waals surface area contributed by atoms with Crippen LogP contribution in [0.2, 0.25) is 0 Å². The summed E-state index contributed by atoms with van der Waals surface area (Å²) >= 11 is 0. The van der Waals surface area contributed by atoms with Gasteiger partial charge in [0, 0.05) is 0 Å². The third-order valence-electron chi connectivity index (χ3n) is 0. The van der Waals surface area contributed by atoms with Gasteiger partial charge in [0.1, 0.15) is 0 Å². The van der Waals surface area contributed by atoms with Gasteiger partial charge in [-0.2, -0.15) is 0 Å².